The molecular weight excluding hydrogens is 294 g/mol. The molecular formula is C17H21N3OS. The molecule has 1 aliphatic rings. The van der Waals surface area contributed by atoms with Crippen LogP contribution in [0.15, 0.2) is 24.3 Å². The van der Waals surface area contributed by atoms with E-state index in [1.807, 2.05) is 0 Å². The third-order valence-electron chi connectivity index (χ3n) is 4.21. The lowest BCUT2D eigenvalue weighted by molar-refractivity contribution is -0.119. The molecule has 1 aromatic carbocycles. The average molecular weight is 315 g/mol. The summed E-state index contributed by atoms with van der Waals surface area (Å²) in [7, 11) is 0. The largest absolute Gasteiger partial charge is 0.300 e. The zero-order valence-electron chi connectivity index (χ0n) is 13.0. The van der Waals surface area contributed by atoms with Gasteiger partial charge in [-0.2, -0.15) is 0 Å². The molecule has 1 N–H and O–H groups in total. The third-order valence-corrected chi connectivity index (χ3v) is 5.09. The second-order valence-electron chi connectivity index (χ2n) is 6.16. The van der Waals surface area contributed by atoms with Gasteiger partial charge in [-0.25, -0.2) is 0 Å². The topological polar surface area (TPSA) is 54.9 Å². The second-order valence-corrected chi connectivity index (χ2v) is 7.14. The van der Waals surface area contributed by atoms with E-state index in [9.17, 15) is 4.79 Å². The van der Waals surface area contributed by atoms with E-state index in [0.29, 0.717) is 11.0 Å². The Kier molecular flexibility index (Phi) is 4.52. The van der Waals surface area contributed by atoms with Crippen LogP contribution in [0.3, 0.4) is 0 Å². The number of nitrogens with one attached hydrogen (secondary N) is 1. The number of amides is 1. The number of benzene rings is 1. The SMILES string of the molecule is CC(C)c1ccc(-c2nnc(NC(=O)C3CCCC3)s2)cc1. The van der Waals surface area contributed by atoms with Crippen LogP contribution in [-0.4, -0.2) is 16.1 Å². The lowest BCUT2D eigenvalue weighted by Crippen LogP contribution is -2.20. The van der Waals surface area contributed by atoms with Crippen molar-refractivity contribution in [3.63, 3.8) is 0 Å². The van der Waals surface area contributed by atoms with Gasteiger partial charge in [-0.15, -0.1) is 10.2 Å². The zero-order chi connectivity index (χ0) is 15.5. The van der Waals surface area contributed by atoms with Gasteiger partial charge in [0.05, 0.1) is 0 Å². The highest BCUT2D eigenvalue weighted by Gasteiger charge is 2.23. The average Bonchev–Trinajstić information content (AvgIpc) is 3.19. The number of aromatic nitrogens is 2. The summed E-state index contributed by atoms with van der Waals surface area (Å²) in [6.45, 7) is 4.35. The molecule has 0 aliphatic heterocycles. The molecule has 0 saturated heterocycles. The predicted molar refractivity (Wildman–Crippen MR) is 90.0 cm³/mol. The lowest BCUT2D eigenvalue weighted by Gasteiger charge is -2.06. The van der Waals surface area contributed by atoms with Crippen molar-refractivity contribution >= 4 is 22.4 Å². The Balaban J connectivity index is 1.69. The molecule has 0 bridgehead atoms. The number of hydrogen-bond acceptors (Lipinski definition) is 4. The van der Waals surface area contributed by atoms with Gasteiger partial charge in [-0.1, -0.05) is 62.3 Å². The summed E-state index contributed by atoms with van der Waals surface area (Å²) in [5.74, 6) is 0.762. The van der Waals surface area contributed by atoms with Crippen LogP contribution in [0.2, 0.25) is 0 Å². The fourth-order valence-electron chi connectivity index (χ4n) is 2.80. The van der Waals surface area contributed by atoms with Crippen molar-refractivity contribution in [2.24, 2.45) is 5.92 Å². The number of rotatable bonds is 4. The van der Waals surface area contributed by atoms with Gasteiger partial charge in [0.15, 0.2) is 0 Å². The molecule has 0 radical (unpaired) electrons. The van der Waals surface area contributed by atoms with E-state index in [0.717, 1.165) is 36.3 Å². The van der Waals surface area contributed by atoms with E-state index >= 15 is 0 Å². The van der Waals surface area contributed by atoms with Crippen LogP contribution in [-0.2, 0) is 4.79 Å². The number of nitrogens with zero attached hydrogens (tertiary/aromatic N) is 2. The minimum absolute atomic E-state index is 0.0929. The summed E-state index contributed by atoms with van der Waals surface area (Å²) in [6, 6.07) is 8.38. The standard InChI is InChI=1S/C17H21N3OS/c1-11(2)12-7-9-14(10-8-12)16-19-20-17(22-16)18-15(21)13-5-3-4-6-13/h7-11,13H,3-6H2,1-2H3,(H,18,20,21). The smallest absolute Gasteiger partial charge is 0.229 e. The fourth-order valence-corrected chi connectivity index (χ4v) is 3.55. The predicted octanol–water partition coefficient (Wildman–Crippen LogP) is 4.46. The number of carbonyl (C=O) groups excluding carboxylic acids is 1. The molecule has 1 amide bonds. The Morgan fingerprint density at radius 3 is 2.50 bits per heavy atom. The Morgan fingerprint density at radius 1 is 1.18 bits per heavy atom. The van der Waals surface area contributed by atoms with Gasteiger partial charge in [0, 0.05) is 11.5 Å². The normalized spacial score (nSPS) is 15.4. The molecule has 1 saturated carbocycles. The van der Waals surface area contributed by atoms with E-state index < -0.39 is 0 Å². The molecule has 1 aromatic heterocycles. The van der Waals surface area contributed by atoms with Gasteiger partial charge in [-0.3, -0.25) is 4.79 Å². The molecule has 2 aromatic rings. The molecule has 1 heterocycles. The summed E-state index contributed by atoms with van der Waals surface area (Å²) in [4.78, 5) is 12.1. The van der Waals surface area contributed by atoms with E-state index in [1.165, 1.54) is 16.9 Å². The first kappa shape index (κ1) is 15.2. The van der Waals surface area contributed by atoms with Crippen molar-refractivity contribution in [2.75, 3.05) is 5.32 Å². The molecule has 3 rings (SSSR count). The van der Waals surface area contributed by atoms with Gasteiger partial charge < -0.3 is 5.32 Å². The summed E-state index contributed by atoms with van der Waals surface area (Å²) in [5.41, 5.74) is 2.35. The number of hydrogen-bond donors (Lipinski definition) is 1. The molecule has 4 nitrogen and oxygen atoms in total. The van der Waals surface area contributed by atoms with Gasteiger partial charge >= 0.3 is 0 Å². The highest BCUT2D eigenvalue weighted by molar-refractivity contribution is 7.18. The molecule has 0 spiro atoms. The van der Waals surface area contributed by atoms with Crippen molar-refractivity contribution < 1.29 is 4.79 Å². The van der Waals surface area contributed by atoms with Crippen molar-refractivity contribution in [1.29, 1.82) is 0 Å². The Hall–Kier alpha value is -1.75. The Bertz CT molecular complexity index is 642. The first-order valence-corrected chi connectivity index (χ1v) is 8.70. The maximum Gasteiger partial charge on any atom is 0.229 e. The van der Waals surface area contributed by atoms with Crippen LogP contribution < -0.4 is 5.32 Å². The summed E-state index contributed by atoms with van der Waals surface area (Å²) in [6.07, 6.45) is 4.30. The van der Waals surface area contributed by atoms with E-state index in [4.69, 9.17) is 0 Å². The molecule has 5 heteroatoms. The van der Waals surface area contributed by atoms with Crippen molar-refractivity contribution in [1.82, 2.24) is 10.2 Å². The van der Waals surface area contributed by atoms with Crippen molar-refractivity contribution in [3.05, 3.63) is 29.8 Å². The maximum absolute atomic E-state index is 12.1. The Labute approximate surface area is 135 Å². The summed E-state index contributed by atoms with van der Waals surface area (Å²) in [5, 5.41) is 12.6. The minimum atomic E-state index is 0.0929. The fraction of sp³-hybridized carbons (Fsp3) is 0.471. The van der Waals surface area contributed by atoms with Crippen LogP contribution in [0, 0.1) is 5.92 Å². The molecule has 1 aliphatic carbocycles. The van der Waals surface area contributed by atoms with Gasteiger partial charge in [0.1, 0.15) is 5.01 Å². The number of carbonyl (C=O) groups is 1. The van der Waals surface area contributed by atoms with Crippen LogP contribution in [0.4, 0.5) is 5.13 Å². The van der Waals surface area contributed by atoms with Crippen molar-refractivity contribution in [2.45, 2.75) is 45.4 Å². The quantitative estimate of drug-likeness (QED) is 0.906. The van der Waals surface area contributed by atoms with Gasteiger partial charge in [-0.05, 0) is 24.3 Å². The maximum atomic E-state index is 12.1. The lowest BCUT2D eigenvalue weighted by atomic mass is 10.0. The molecule has 0 atom stereocenters. The molecule has 116 valence electrons. The highest BCUT2D eigenvalue weighted by atomic mass is 32.1. The first-order chi connectivity index (χ1) is 10.6. The van der Waals surface area contributed by atoms with Crippen LogP contribution >= 0.6 is 11.3 Å². The first-order valence-electron chi connectivity index (χ1n) is 7.88. The molecule has 0 unspecified atom stereocenters. The summed E-state index contributed by atoms with van der Waals surface area (Å²) >= 11 is 1.43. The Morgan fingerprint density at radius 2 is 1.86 bits per heavy atom. The van der Waals surface area contributed by atoms with Gasteiger partial charge in [0.25, 0.3) is 0 Å². The molecule has 22 heavy (non-hydrogen) atoms. The highest BCUT2D eigenvalue weighted by Crippen LogP contribution is 2.30. The number of anilines is 1. The van der Waals surface area contributed by atoms with Crippen LogP contribution in [0.5, 0.6) is 0 Å². The third kappa shape index (κ3) is 3.35. The van der Waals surface area contributed by atoms with Crippen LogP contribution in [0.1, 0.15) is 51.0 Å². The van der Waals surface area contributed by atoms with E-state index in [-0.39, 0.29) is 11.8 Å². The molecule has 1 fully saturated rings. The monoisotopic (exact) mass is 315 g/mol. The van der Waals surface area contributed by atoms with Crippen molar-refractivity contribution in [3.8, 4) is 10.6 Å². The van der Waals surface area contributed by atoms with E-state index in [1.54, 1.807) is 0 Å². The second kappa shape index (κ2) is 6.57. The summed E-state index contributed by atoms with van der Waals surface area (Å²) < 4.78 is 0. The minimum Gasteiger partial charge on any atom is -0.300 e. The van der Waals surface area contributed by atoms with E-state index in [2.05, 4.69) is 53.6 Å². The van der Waals surface area contributed by atoms with Gasteiger partial charge in [0.2, 0.25) is 11.0 Å². The van der Waals surface area contributed by atoms with Crippen LogP contribution in [0.25, 0.3) is 10.6 Å². The zero-order valence-corrected chi connectivity index (χ0v) is 13.8.